The van der Waals surface area contributed by atoms with Gasteiger partial charge in [0.2, 0.25) is 0 Å². The molecule has 0 radical (unpaired) electrons. The number of carbonyl (C=O) groups is 2. The van der Waals surface area contributed by atoms with E-state index in [-0.39, 0.29) is 5.78 Å². The van der Waals surface area contributed by atoms with Gasteiger partial charge >= 0.3 is 0 Å². The van der Waals surface area contributed by atoms with E-state index in [4.69, 9.17) is 9.47 Å². The van der Waals surface area contributed by atoms with Gasteiger partial charge in [-0.25, -0.2) is 0 Å². The standard InChI is InChI=1S/C18H27NO2.C15H21NO2/c1-14-11-15(2)13-19(12-14)9-4-10-21-18-7-5-17(6-8-18)16(3)20;17-13-14-5-7-15(8-6-14)18-12-4-11-16-9-2-1-3-10-16/h5-8,14-15H,4,9-13H2,1-3H3;5-8,13H,1-4,9-12H2/t14-,15+;. The maximum absolute atomic E-state index is 11.2. The Morgan fingerprint density at radius 2 is 1.31 bits per heavy atom. The first-order valence-electron chi connectivity index (χ1n) is 14.8. The molecule has 2 aliphatic rings. The van der Waals surface area contributed by atoms with Gasteiger partial charge in [0.25, 0.3) is 0 Å². The first-order valence-corrected chi connectivity index (χ1v) is 14.8. The molecule has 2 fully saturated rings. The molecule has 0 amide bonds. The lowest BCUT2D eigenvalue weighted by Crippen LogP contribution is -2.39. The molecule has 39 heavy (non-hydrogen) atoms. The van der Waals surface area contributed by atoms with E-state index in [1.807, 2.05) is 36.4 Å². The van der Waals surface area contributed by atoms with Crippen LogP contribution >= 0.6 is 0 Å². The zero-order chi connectivity index (χ0) is 27.9. The number of Topliss-reactive ketones (excluding diaryl/α,β-unsaturated/α-hetero) is 1. The minimum absolute atomic E-state index is 0.0925. The van der Waals surface area contributed by atoms with Crippen LogP contribution in [0.2, 0.25) is 0 Å². The molecule has 2 aromatic carbocycles. The van der Waals surface area contributed by atoms with Gasteiger partial charge in [-0.1, -0.05) is 20.3 Å². The van der Waals surface area contributed by atoms with Crippen molar-refractivity contribution in [3.63, 3.8) is 0 Å². The SMILES string of the molecule is CC(=O)c1ccc(OCCCN2C[C@H](C)C[C@H](C)C2)cc1.O=Cc1ccc(OCCCN2CCCCC2)cc1. The van der Waals surface area contributed by atoms with E-state index in [2.05, 4.69) is 23.6 Å². The van der Waals surface area contributed by atoms with Gasteiger partial charge in [0.1, 0.15) is 17.8 Å². The van der Waals surface area contributed by atoms with Gasteiger partial charge in [0.15, 0.2) is 5.78 Å². The molecule has 4 rings (SSSR count). The highest BCUT2D eigenvalue weighted by atomic mass is 16.5. The maximum atomic E-state index is 11.2. The van der Waals surface area contributed by atoms with Crippen LogP contribution in [-0.2, 0) is 0 Å². The number of carbonyl (C=O) groups excluding carboxylic acids is 2. The molecule has 2 atom stereocenters. The second kappa shape index (κ2) is 17.1. The van der Waals surface area contributed by atoms with Crippen LogP contribution in [0.3, 0.4) is 0 Å². The summed E-state index contributed by atoms with van der Waals surface area (Å²) in [6.45, 7) is 14.9. The summed E-state index contributed by atoms with van der Waals surface area (Å²) in [5.74, 6) is 3.41. The van der Waals surface area contributed by atoms with Gasteiger partial charge in [-0.2, -0.15) is 0 Å². The molecule has 0 aromatic heterocycles. The van der Waals surface area contributed by atoms with E-state index < -0.39 is 0 Å². The summed E-state index contributed by atoms with van der Waals surface area (Å²) in [5, 5.41) is 0. The molecule has 6 heteroatoms. The summed E-state index contributed by atoms with van der Waals surface area (Å²) in [5.41, 5.74) is 1.43. The van der Waals surface area contributed by atoms with Crippen LogP contribution in [0.4, 0.5) is 0 Å². The molecule has 6 nitrogen and oxygen atoms in total. The minimum atomic E-state index is 0.0925. The van der Waals surface area contributed by atoms with Crippen molar-refractivity contribution in [2.45, 2.75) is 59.3 Å². The van der Waals surface area contributed by atoms with Gasteiger partial charge < -0.3 is 19.3 Å². The van der Waals surface area contributed by atoms with Crippen molar-refractivity contribution in [2.24, 2.45) is 11.8 Å². The summed E-state index contributed by atoms with van der Waals surface area (Å²) in [4.78, 5) is 26.8. The number of ether oxygens (including phenoxy) is 2. The fourth-order valence-electron chi connectivity index (χ4n) is 5.54. The highest BCUT2D eigenvalue weighted by Gasteiger charge is 2.21. The van der Waals surface area contributed by atoms with Gasteiger partial charge in [-0.15, -0.1) is 0 Å². The summed E-state index contributed by atoms with van der Waals surface area (Å²) >= 11 is 0. The van der Waals surface area contributed by atoms with Crippen molar-refractivity contribution in [1.29, 1.82) is 0 Å². The van der Waals surface area contributed by atoms with Gasteiger partial charge in [-0.05, 0) is 112 Å². The molecule has 2 saturated heterocycles. The van der Waals surface area contributed by atoms with Crippen LogP contribution in [0.25, 0.3) is 0 Å². The van der Waals surface area contributed by atoms with Crippen molar-refractivity contribution in [1.82, 2.24) is 9.80 Å². The number of rotatable bonds is 12. The van der Waals surface area contributed by atoms with Crippen molar-refractivity contribution in [3.05, 3.63) is 59.7 Å². The molecule has 2 aromatic rings. The first-order chi connectivity index (χ1) is 18.9. The van der Waals surface area contributed by atoms with Crippen molar-refractivity contribution >= 4 is 12.1 Å². The Balaban J connectivity index is 0.000000218. The topological polar surface area (TPSA) is 59.1 Å². The van der Waals surface area contributed by atoms with Crippen LogP contribution in [0.1, 0.15) is 80.0 Å². The lowest BCUT2D eigenvalue weighted by Gasteiger charge is -2.34. The van der Waals surface area contributed by atoms with Crippen LogP contribution in [0.5, 0.6) is 11.5 Å². The number of nitrogens with zero attached hydrogens (tertiary/aromatic N) is 2. The second-order valence-electron chi connectivity index (χ2n) is 11.3. The van der Waals surface area contributed by atoms with E-state index in [9.17, 15) is 9.59 Å². The molecule has 214 valence electrons. The van der Waals surface area contributed by atoms with Crippen LogP contribution in [-0.4, -0.2) is 74.4 Å². The summed E-state index contributed by atoms with van der Waals surface area (Å²) in [6.07, 6.45) is 8.39. The number of likely N-dealkylation sites (tertiary alicyclic amines) is 2. The molecule has 2 heterocycles. The zero-order valence-electron chi connectivity index (χ0n) is 24.3. The van der Waals surface area contributed by atoms with Gasteiger partial charge in [-0.3, -0.25) is 9.59 Å². The molecule has 0 unspecified atom stereocenters. The summed E-state index contributed by atoms with van der Waals surface area (Å²) in [6, 6.07) is 14.7. The van der Waals surface area contributed by atoms with E-state index in [0.717, 1.165) is 74.3 Å². The van der Waals surface area contributed by atoms with Crippen LogP contribution in [0, 0.1) is 11.8 Å². The average molecular weight is 537 g/mol. The smallest absolute Gasteiger partial charge is 0.159 e. The number of benzene rings is 2. The number of hydrogen-bond donors (Lipinski definition) is 0. The summed E-state index contributed by atoms with van der Waals surface area (Å²) in [7, 11) is 0. The molecule has 2 aliphatic heterocycles. The largest absolute Gasteiger partial charge is 0.494 e. The molecular weight excluding hydrogens is 488 g/mol. The quantitative estimate of drug-likeness (QED) is 0.178. The predicted molar refractivity (Wildman–Crippen MR) is 158 cm³/mol. The molecule has 0 aliphatic carbocycles. The molecular formula is C33H48N2O4. The fraction of sp³-hybridized carbons (Fsp3) is 0.576. The van der Waals surface area contributed by atoms with E-state index in [1.165, 1.54) is 51.9 Å². The lowest BCUT2D eigenvalue weighted by molar-refractivity contribution is 0.101. The molecule has 0 bridgehead atoms. The molecule has 0 spiro atoms. The number of aldehydes is 1. The van der Waals surface area contributed by atoms with Crippen LogP contribution < -0.4 is 9.47 Å². The Morgan fingerprint density at radius 1 is 0.795 bits per heavy atom. The Labute approximate surface area is 235 Å². The van der Waals surface area contributed by atoms with Crippen molar-refractivity contribution in [2.75, 3.05) is 52.5 Å². The zero-order valence-corrected chi connectivity index (χ0v) is 24.3. The fourth-order valence-corrected chi connectivity index (χ4v) is 5.54. The van der Waals surface area contributed by atoms with Gasteiger partial charge in [0.05, 0.1) is 13.2 Å². The molecule has 0 N–H and O–H groups in total. The Hall–Kier alpha value is -2.70. The minimum Gasteiger partial charge on any atom is -0.494 e. The Kier molecular flexibility index (Phi) is 13.5. The third kappa shape index (κ3) is 11.9. The van der Waals surface area contributed by atoms with Gasteiger partial charge in [0, 0.05) is 37.3 Å². The monoisotopic (exact) mass is 536 g/mol. The lowest BCUT2D eigenvalue weighted by atomic mass is 9.92. The van der Waals surface area contributed by atoms with E-state index in [1.54, 1.807) is 19.1 Å². The number of ketones is 1. The first kappa shape index (κ1) is 30.8. The second-order valence-corrected chi connectivity index (χ2v) is 11.3. The molecule has 0 saturated carbocycles. The third-order valence-corrected chi connectivity index (χ3v) is 7.45. The third-order valence-electron chi connectivity index (χ3n) is 7.45. The normalized spacial score (nSPS) is 20.0. The van der Waals surface area contributed by atoms with E-state index in [0.29, 0.717) is 5.56 Å². The Morgan fingerprint density at radius 3 is 1.82 bits per heavy atom. The highest BCUT2D eigenvalue weighted by Crippen LogP contribution is 2.21. The van der Waals surface area contributed by atoms with E-state index >= 15 is 0 Å². The number of piperidine rings is 2. The van der Waals surface area contributed by atoms with Crippen molar-refractivity contribution in [3.8, 4) is 11.5 Å². The maximum Gasteiger partial charge on any atom is 0.159 e. The predicted octanol–water partition coefficient (Wildman–Crippen LogP) is 6.39. The number of hydrogen-bond acceptors (Lipinski definition) is 6. The van der Waals surface area contributed by atoms with Crippen molar-refractivity contribution < 1.29 is 19.1 Å². The average Bonchev–Trinajstić information content (AvgIpc) is 2.94. The summed E-state index contributed by atoms with van der Waals surface area (Å²) < 4.78 is 11.4. The highest BCUT2D eigenvalue weighted by molar-refractivity contribution is 5.94. The Bertz CT molecular complexity index is 960. The van der Waals surface area contributed by atoms with Crippen LogP contribution in [0.15, 0.2) is 48.5 Å².